The number of aromatic amines is 1. The molecule has 2 N–H and O–H groups in total. The highest BCUT2D eigenvalue weighted by molar-refractivity contribution is 9.10. The van der Waals surface area contributed by atoms with Crippen LogP contribution in [0, 0.1) is 6.92 Å². The third-order valence-corrected chi connectivity index (χ3v) is 3.88. The first kappa shape index (κ1) is 16.7. The normalized spacial score (nSPS) is 10.3. The number of hydrogen-bond acceptors (Lipinski definition) is 4. The van der Waals surface area contributed by atoms with Crippen LogP contribution in [-0.4, -0.2) is 35.7 Å². The van der Waals surface area contributed by atoms with Gasteiger partial charge in [0.15, 0.2) is 5.69 Å². The molecule has 0 aliphatic heterocycles. The Morgan fingerprint density at radius 3 is 2.60 bits per heavy atom. The lowest BCUT2D eigenvalue weighted by molar-refractivity contribution is -0.140. The Morgan fingerprint density at radius 1 is 1.30 bits per heavy atom. The number of aryl methyl sites for hydroxylation is 1. The van der Waals surface area contributed by atoms with Crippen molar-refractivity contribution in [3.05, 3.63) is 15.9 Å². The van der Waals surface area contributed by atoms with Crippen molar-refractivity contribution in [3.8, 4) is 0 Å². The van der Waals surface area contributed by atoms with Crippen molar-refractivity contribution in [2.45, 2.75) is 39.0 Å². The highest BCUT2D eigenvalue weighted by atomic mass is 79.9. The standard InChI is InChI=1S/C13H20BrN3O3/c1-9-11(14)12(17-16-9)13(19)15-8-6-4-3-5-7-10(18)20-2/h3-8H2,1-2H3,(H,15,19)(H,16,17). The number of methoxy groups -OCH3 is 1. The number of ether oxygens (including phenoxy) is 1. The summed E-state index contributed by atoms with van der Waals surface area (Å²) in [4.78, 5) is 22.7. The van der Waals surface area contributed by atoms with Crippen LogP contribution in [0.1, 0.15) is 48.3 Å². The average molecular weight is 346 g/mol. The maximum atomic E-state index is 11.8. The van der Waals surface area contributed by atoms with E-state index in [1.165, 1.54) is 7.11 Å². The van der Waals surface area contributed by atoms with Gasteiger partial charge in [-0.3, -0.25) is 14.7 Å². The molecule has 7 heteroatoms. The van der Waals surface area contributed by atoms with E-state index < -0.39 is 0 Å². The van der Waals surface area contributed by atoms with Crippen molar-refractivity contribution in [2.75, 3.05) is 13.7 Å². The fraction of sp³-hybridized carbons (Fsp3) is 0.615. The van der Waals surface area contributed by atoms with Crippen LogP contribution in [0.3, 0.4) is 0 Å². The van der Waals surface area contributed by atoms with Gasteiger partial charge in [0, 0.05) is 18.7 Å². The Morgan fingerprint density at radius 2 is 2.00 bits per heavy atom. The van der Waals surface area contributed by atoms with E-state index in [1.54, 1.807) is 0 Å². The van der Waals surface area contributed by atoms with Crippen LogP contribution in [0.15, 0.2) is 4.47 Å². The molecule has 0 aliphatic rings. The Balaban J connectivity index is 2.11. The molecule has 0 fully saturated rings. The minimum Gasteiger partial charge on any atom is -0.469 e. The first-order chi connectivity index (χ1) is 9.56. The van der Waals surface area contributed by atoms with Crippen LogP contribution in [0.25, 0.3) is 0 Å². The number of nitrogens with zero attached hydrogens (tertiary/aromatic N) is 1. The summed E-state index contributed by atoms with van der Waals surface area (Å²) in [6.07, 6.45) is 4.09. The fourth-order valence-electron chi connectivity index (χ4n) is 1.70. The summed E-state index contributed by atoms with van der Waals surface area (Å²) < 4.78 is 5.26. The van der Waals surface area contributed by atoms with Gasteiger partial charge in [-0.1, -0.05) is 12.8 Å². The minimum absolute atomic E-state index is 0.169. The second-order valence-electron chi connectivity index (χ2n) is 4.51. The number of carbonyl (C=O) groups excluding carboxylic acids is 2. The van der Waals surface area contributed by atoms with Gasteiger partial charge in [0.2, 0.25) is 0 Å². The summed E-state index contributed by atoms with van der Waals surface area (Å²) in [5.74, 6) is -0.354. The number of unbranched alkanes of at least 4 members (excludes halogenated alkanes) is 3. The van der Waals surface area contributed by atoms with Crippen LogP contribution in [0.2, 0.25) is 0 Å². The van der Waals surface area contributed by atoms with Crippen LogP contribution in [0.5, 0.6) is 0 Å². The van der Waals surface area contributed by atoms with Gasteiger partial charge >= 0.3 is 5.97 Å². The molecular weight excluding hydrogens is 326 g/mol. The van der Waals surface area contributed by atoms with E-state index in [0.717, 1.165) is 31.4 Å². The van der Waals surface area contributed by atoms with Gasteiger partial charge in [-0.2, -0.15) is 5.10 Å². The van der Waals surface area contributed by atoms with E-state index in [-0.39, 0.29) is 11.9 Å². The molecule has 0 unspecified atom stereocenters. The number of rotatable bonds is 8. The van der Waals surface area contributed by atoms with E-state index in [2.05, 4.69) is 36.2 Å². The Bertz CT molecular complexity index is 460. The SMILES string of the molecule is COC(=O)CCCCCCNC(=O)c1n[nH]c(C)c1Br. The Labute approximate surface area is 126 Å². The van der Waals surface area contributed by atoms with Gasteiger partial charge in [0.1, 0.15) is 0 Å². The Kier molecular flexibility index (Phi) is 7.28. The van der Waals surface area contributed by atoms with Crippen LogP contribution in [-0.2, 0) is 9.53 Å². The van der Waals surface area contributed by atoms with E-state index in [9.17, 15) is 9.59 Å². The highest BCUT2D eigenvalue weighted by Crippen LogP contribution is 2.17. The van der Waals surface area contributed by atoms with Crippen molar-refractivity contribution in [1.82, 2.24) is 15.5 Å². The summed E-state index contributed by atoms with van der Waals surface area (Å²) in [7, 11) is 1.40. The second kappa shape index (κ2) is 8.73. The number of halogens is 1. The largest absolute Gasteiger partial charge is 0.469 e. The molecule has 0 aliphatic carbocycles. The molecule has 1 aromatic heterocycles. The first-order valence-corrected chi connectivity index (χ1v) is 7.41. The third-order valence-electron chi connectivity index (χ3n) is 2.91. The van der Waals surface area contributed by atoms with Crippen molar-refractivity contribution in [3.63, 3.8) is 0 Å². The van der Waals surface area contributed by atoms with E-state index >= 15 is 0 Å². The maximum absolute atomic E-state index is 11.8. The van der Waals surface area contributed by atoms with Gasteiger partial charge < -0.3 is 10.1 Å². The number of carbonyl (C=O) groups is 2. The summed E-state index contributed by atoms with van der Waals surface area (Å²) in [6, 6.07) is 0. The zero-order valence-electron chi connectivity index (χ0n) is 11.8. The van der Waals surface area contributed by atoms with E-state index in [4.69, 9.17) is 0 Å². The molecule has 112 valence electrons. The van der Waals surface area contributed by atoms with Crippen LogP contribution in [0.4, 0.5) is 0 Å². The summed E-state index contributed by atoms with van der Waals surface area (Å²) in [5.41, 5.74) is 1.21. The van der Waals surface area contributed by atoms with Crippen molar-refractivity contribution in [2.24, 2.45) is 0 Å². The molecule has 1 heterocycles. The molecule has 20 heavy (non-hydrogen) atoms. The number of nitrogens with one attached hydrogen (secondary N) is 2. The molecule has 0 saturated heterocycles. The van der Waals surface area contributed by atoms with Gasteiger partial charge in [-0.05, 0) is 35.7 Å². The highest BCUT2D eigenvalue weighted by Gasteiger charge is 2.14. The third kappa shape index (κ3) is 5.32. The predicted molar refractivity (Wildman–Crippen MR) is 78.5 cm³/mol. The summed E-state index contributed by atoms with van der Waals surface area (Å²) >= 11 is 3.32. The summed E-state index contributed by atoms with van der Waals surface area (Å²) in [5, 5.41) is 9.51. The first-order valence-electron chi connectivity index (χ1n) is 6.61. The molecule has 1 aromatic rings. The number of hydrogen-bond donors (Lipinski definition) is 2. The van der Waals surface area contributed by atoms with Gasteiger partial charge in [0.05, 0.1) is 11.6 Å². The zero-order valence-corrected chi connectivity index (χ0v) is 13.4. The molecule has 0 saturated carbocycles. The molecule has 0 aromatic carbocycles. The van der Waals surface area contributed by atoms with E-state index in [1.807, 2.05) is 6.92 Å². The van der Waals surface area contributed by atoms with Gasteiger partial charge in [0.25, 0.3) is 5.91 Å². The molecule has 0 atom stereocenters. The second-order valence-corrected chi connectivity index (χ2v) is 5.30. The molecular formula is C13H20BrN3O3. The van der Waals surface area contributed by atoms with Gasteiger partial charge in [-0.15, -0.1) is 0 Å². The number of H-pyrrole nitrogens is 1. The topological polar surface area (TPSA) is 84.1 Å². The summed E-state index contributed by atoms with van der Waals surface area (Å²) in [6.45, 7) is 2.45. The quantitative estimate of drug-likeness (QED) is 0.559. The lowest BCUT2D eigenvalue weighted by atomic mass is 10.1. The molecule has 1 amide bonds. The molecule has 0 spiro atoms. The zero-order chi connectivity index (χ0) is 15.0. The average Bonchev–Trinajstić information content (AvgIpc) is 2.77. The number of amides is 1. The number of aromatic nitrogens is 2. The Hall–Kier alpha value is -1.37. The molecule has 0 bridgehead atoms. The van der Waals surface area contributed by atoms with Crippen molar-refractivity contribution < 1.29 is 14.3 Å². The molecule has 0 radical (unpaired) electrons. The number of esters is 1. The molecule has 1 rings (SSSR count). The van der Waals surface area contributed by atoms with Crippen molar-refractivity contribution >= 4 is 27.8 Å². The van der Waals surface area contributed by atoms with Crippen LogP contribution < -0.4 is 5.32 Å². The lowest BCUT2D eigenvalue weighted by Crippen LogP contribution is -2.25. The maximum Gasteiger partial charge on any atom is 0.305 e. The van der Waals surface area contributed by atoms with E-state index in [0.29, 0.717) is 23.1 Å². The van der Waals surface area contributed by atoms with Crippen molar-refractivity contribution in [1.29, 1.82) is 0 Å². The predicted octanol–water partition coefficient (Wildman–Crippen LogP) is 2.33. The fourth-order valence-corrected chi connectivity index (χ4v) is 2.06. The molecule has 6 nitrogen and oxygen atoms in total. The van der Waals surface area contributed by atoms with Crippen LogP contribution >= 0.6 is 15.9 Å². The minimum atomic E-state index is -0.184. The smallest absolute Gasteiger partial charge is 0.305 e. The lowest BCUT2D eigenvalue weighted by Gasteiger charge is -2.04. The van der Waals surface area contributed by atoms with Gasteiger partial charge in [-0.25, -0.2) is 0 Å². The monoisotopic (exact) mass is 345 g/mol.